The Balaban J connectivity index is 0.00000242. The zero-order valence-electron chi connectivity index (χ0n) is 12.3. The minimum Gasteiger partial charge on any atom is -0.340 e. The Hall–Kier alpha value is -1.27. The largest absolute Gasteiger partial charge is 0.416 e. The van der Waals surface area contributed by atoms with E-state index in [1.807, 2.05) is 0 Å². The summed E-state index contributed by atoms with van der Waals surface area (Å²) < 4.78 is 39.0. The molecular weight excluding hydrogens is 317 g/mol. The smallest absolute Gasteiger partial charge is 0.340 e. The van der Waals surface area contributed by atoms with Crippen LogP contribution in [-0.2, 0) is 11.0 Å². The van der Waals surface area contributed by atoms with Gasteiger partial charge in [-0.2, -0.15) is 13.2 Å². The molecule has 1 N–H and O–H groups in total. The van der Waals surface area contributed by atoms with Gasteiger partial charge in [-0.3, -0.25) is 4.79 Å². The Morgan fingerprint density at radius 3 is 2.45 bits per heavy atom. The van der Waals surface area contributed by atoms with Crippen molar-refractivity contribution in [3.05, 3.63) is 35.4 Å². The first-order valence-electron chi connectivity index (χ1n) is 7.04. The number of hydrogen-bond donors (Lipinski definition) is 1. The minimum atomic E-state index is -4.39. The van der Waals surface area contributed by atoms with Gasteiger partial charge in [-0.1, -0.05) is 25.1 Å². The lowest BCUT2D eigenvalue weighted by Crippen LogP contribution is -2.46. The summed E-state index contributed by atoms with van der Waals surface area (Å²) >= 11 is 0. The van der Waals surface area contributed by atoms with Crippen LogP contribution in [0.3, 0.4) is 0 Å². The van der Waals surface area contributed by atoms with Crippen molar-refractivity contribution in [2.45, 2.75) is 25.4 Å². The van der Waals surface area contributed by atoms with Gasteiger partial charge in [-0.05, 0) is 17.5 Å². The molecule has 3 nitrogen and oxygen atoms in total. The Labute approximate surface area is 134 Å². The van der Waals surface area contributed by atoms with Crippen molar-refractivity contribution < 1.29 is 18.0 Å². The van der Waals surface area contributed by atoms with Crippen LogP contribution in [0.5, 0.6) is 0 Å². The van der Waals surface area contributed by atoms with Crippen LogP contribution in [0.2, 0.25) is 0 Å². The summed E-state index contributed by atoms with van der Waals surface area (Å²) in [5.41, 5.74) is -0.459. The van der Waals surface area contributed by atoms with Crippen molar-refractivity contribution in [1.29, 1.82) is 0 Å². The molecule has 1 amide bonds. The molecule has 124 valence electrons. The maximum absolute atomic E-state index is 13.0. The summed E-state index contributed by atoms with van der Waals surface area (Å²) in [7, 11) is 0. The highest BCUT2D eigenvalue weighted by atomic mass is 35.5. The summed E-state index contributed by atoms with van der Waals surface area (Å²) in [6.45, 7) is 4.38. The lowest BCUT2D eigenvalue weighted by Gasteiger charge is -2.29. The molecule has 1 aliphatic rings. The van der Waals surface area contributed by atoms with Crippen molar-refractivity contribution in [2.24, 2.45) is 0 Å². The third kappa shape index (κ3) is 4.61. The molecule has 1 atom stereocenters. The standard InChI is InChI=1S/C15H19F3N2O.ClH/c1-11(10-14(21)20-8-6-19-7-9-20)12-4-2-3-5-13(12)15(16,17)18;/h2-5,11,19H,6-10H2,1H3;1H. The predicted octanol–water partition coefficient (Wildman–Crippen LogP) is 3.05. The van der Waals surface area contributed by atoms with Gasteiger partial charge in [0.1, 0.15) is 0 Å². The molecule has 7 heteroatoms. The van der Waals surface area contributed by atoms with Gasteiger partial charge in [-0.25, -0.2) is 0 Å². The lowest BCUT2D eigenvalue weighted by atomic mass is 9.92. The molecule has 1 fully saturated rings. The molecule has 22 heavy (non-hydrogen) atoms. The van der Waals surface area contributed by atoms with Crippen LogP contribution >= 0.6 is 12.4 Å². The van der Waals surface area contributed by atoms with E-state index in [4.69, 9.17) is 0 Å². The second-order valence-corrected chi connectivity index (χ2v) is 5.32. The number of rotatable bonds is 3. The van der Waals surface area contributed by atoms with E-state index in [-0.39, 0.29) is 30.3 Å². The number of hydrogen-bond acceptors (Lipinski definition) is 2. The molecule has 1 heterocycles. The number of amides is 1. The Morgan fingerprint density at radius 1 is 1.27 bits per heavy atom. The first-order chi connectivity index (χ1) is 9.89. The number of alkyl halides is 3. The molecule has 0 bridgehead atoms. The summed E-state index contributed by atoms with van der Waals surface area (Å²) in [6, 6.07) is 5.48. The Bertz CT molecular complexity index is 502. The maximum atomic E-state index is 13.0. The van der Waals surface area contributed by atoms with Crippen LogP contribution in [0.4, 0.5) is 13.2 Å². The fraction of sp³-hybridized carbons (Fsp3) is 0.533. The van der Waals surface area contributed by atoms with Crippen molar-refractivity contribution >= 4 is 18.3 Å². The summed E-state index contributed by atoms with van der Waals surface area (Å²) in [5, 5.41) is 3.14. The van der Waals surface area contributed by atoms with E-state index in [1.54, 1.807) is 17.9 Å². The predicted molar refractivity (Wildman–Crippen MR) is 81.2 cm³/mol. The normalized spacial score (nSPS) is 16.8. The monoisotopic (exact) mass is 336 g/mol. The minimum absolute atomic E-state index is 0. The van der Waals surface area contributed by atoms with Crippen LogP contribution in [0, 0.1) is 0 Å². The fourth-order valence-electron chi connectivity index (χ4n) is 2.60. The van der Waals surface area contributed by atoms with Crippen LogP contribution < -0.4 is 5.32 Å². The average molecular weight is 337 g/mol. The molecule has 1 aromatic rings. The number of piperazine rings is 1. The highest BCUT2D eigenvalue weighted by Gasteiger charge is 2.34. The fourth-order valence-corrected chi connectivity index (χ4v) is 2.60. The molecule has 2 rings (SSSR count). The quantitative estimate of drug-likeness (QED) is 0.920. The molecule has 0 radical (unpaired) electrons. The third-order valence-corrected chi connectivity index (χ3v) is 3.75. The van der Waals surface area contributed by atoms with E-state index < -0.39 is 17.7 Å². The van der Waals surface area contributed by atoms with Gasteiger partial charge in [0.15, 0.2) is 0 Å². The number of nitrogens with zero attached hydrogens (tertiary/aromatic N) is 1. The molecule has 0 saturated carbocycles. The number of carbonyl (C=O) groups is 1. The number of halogens is 4. The van der Waals surface area contributed by atoms with Crippen LogP contribution in [0.1, 0.15) is 30.4 Å². The second-order valence-electron chi connectivity index (χ2n) is 5.32. The maximum Gasteiger partial charge on any atom is 0.416 e. The molecule has 1 aliphatic heterocycles. The van der Waals surface area contributed by atoms with Crippen LogP contribution in [-0.4, -0.2) is 37.0 Å². The first kappa shape index (κ1) is 18.8. The van der Waals surface area contributed by atoms with Crippen LogP contribution in [0.25, 0.3) is 0 Å². The van der Waals surface area contributed by atoms with Gasteiger partial charge in [0, 0.05) is 32.6 Å². The van der Waals surface area contributed by atoms with Gasteiger partial charge < -0.3 is 10.2 Å². The summed E-state index contributed by atoms with van der Waals surface area (Å²) in [4.78, 5) is 13.9. The van der Waals surface area contributed by atoms with Gasteiger partial charge in [0.2, 0.25) is 5.91 Å². The molecule has 0 aromatic heterocycles. The molecule has 0 spiro atoms. The molecular formula is C15H20ClF3N2O. The SMILES string of the molecule is CC(CC(=O)N1CCNCC1)c1ccccc1C(F)(F)F.Cl. The Morgan fingerprint density at radius 2 is 1.86 bits per heavy atom. The van der Waals surface area contributed by atoms with Gasteiger partial charge >= 0.3 is 6.18 Å². The van der Waals surface area contributed by atoms with Gasteiger partial charge in [-0.15, -0.1) is 12.4 Å². The van der Waals surface area contributed by atoms with E-state index in [0.29, 0.717) is 13.1 Å². The van der Waals surface area contributed by atoms with Crippen molar-refractivity contribution in [2.75, 3.05) is 26.2 Å². The summed E-state index contributed by atoms with van der Waals surface area (Å²) in [5.74, 6) is -0.536. The van der Waals surface area contributed by atoms with Gasteiger partial charge in [0.25, 0.3) is 0 Å². The average Bonchev–Trinajstić information content (AvgIpc) is 2.47. The van der Waals surface area contributed by atoms with E-state index in [2.05, 4.69) is 5.32 Å². The third-order valence-electron chi connectivity index (χ3n) is 3.75. The zero-order chi connectivity index (χ0) is 15.5. The zero-order valence-corrected chi connectivity index (χ0v) is 13.1. The molecule has 1 saturated heterocycles. The second kappa shape index (κ2) is 7.83. The highest BCUT2D eigenvalue weighted by Crippen LogP contribution is 2.36. The number of nitrogens with one attached hydrogen (secondary N) is 1. The highest BCUT2D eigenvalue weighted by molar-refractivity contribution is 5.85. The first-order valence-corrected chi connectivity index (χ1v) is 7.04. The molecule has 1 unspecified atom stereocenters. The van der Waals surface area contributed by atoms with E-state index in [1.165, 1.54) is 12.1 Å². The Kier molecular flexibility index (Phi) is 6.68. The van der Waals surface area contributed by atoms with Crippen molar-refractivity contribution in [3.8, 4) is 0 Å². The van der Waals surface area contributed by atoms with E-state index in [0.717, 1.165) is 19.2 Å². The molecule has 1 aromatic carbocycles. The van der Waals surface area contributed by atoms with Gasteiger partial charge in [0.05, 0.1) is 5.56 Å². The lowest BCUT2D eigenvalue weighted by molar-refractivity contribution is -0.139. The van der Waals surface area contributed by atoms with Crippen molar-refractivity contribution in [3.63, 3.8) is 0 Å². The van der Waals surface area contributed by atoms with Crippen LogP contribution in [0.15, 0.2) is 24.3 Å². The van der Waals surface area contributed by atoms with Crippen molar-refractivity contribution in [1.82, 2.24) is 10.2 Å². The van der Waals surface area contributed by atoms with E-state index >= 15 is 0 Å². The summed E-state index contributed by atoms with van der Waals surface area (Å²) in [6.07, 6.45) is -4.28. The number of carbonyl (C=O) groups excluding carboxylic acids is 1. The topological polar surface area (TPSA) is 32.3 Å². The number of benzene rings is 1. The van der Waals surface area contributed by atoms with E-state index in [9.17, 15) is 18.0 Å². The molecule has 0 aliphatic carbocycles.